The first-order chi connectivity index (χ1) is 5.27. The average molecular weight is 154 g/mol. The van der Waals surface area contributed by atoms with Crippen molar-refractivity contribution in [3.05, 3.63) is 0 Å². The highest BCUT2D eigenvalue weighted by Crippen LogP contribution is 2.54. The third-order valence-corrected chi connectivity index (χ3v) is 3.44. The van der Waals surface area contributed by atoms with Gasteiger partial charge in [0.15, 0.2) is 0 Å². The summed E-state index contributed by atoms with van der Waals surface area (Å²) >= 11 is 0. The van der Waals surface area contributed by atoms with Gasteiger partial charge in [-0.3, -0.25) is 4.79 Å². The number of aliphatic hydroxyl groups excluding tert-OH is 1. The Bertz CT molecular complexity index is 225. The lowest BCUT2D eigenvalue weighted by atomic mass is 9.88. The Kier molecular flexibility index (Phi) is 0.876. The van der Waals surface area contributed by atoms with Crippen molar-refractivity contribution in [1.29, 1.82) is 0 Å². The van der Waals surface area contributed by atoms with Crippen LogP contribution in [0.1, 0.15) is 12.8 Å². The number of esters is 1. The van der Waals surface area contributed by atoms with Gasteiger partial charge in [-0.15, -0.1) is 0 Å². The monoisotopic (exact) mass is 154 g/mol. The van der Waals surface area contributed by atoms with E-state index >= 15 is 0 Å². The summed E-state index contributed by atoms with van der Waals surface area (Å²) < 4.78 is 5.06. The number of hydrogen-bond donors (Lipinski definition) is 1. The Hall–Kier alpha value is -0.570. The normalized spacial score (nSPS) is 58.6. The fraction of sp³-hybridized carbons (Fsp3) is 0.875. The molecule has 0 amide bonds. The molecule has 0 radical (unpaired) electrons. The van der Waals surface area contributed by atoms with E-state index in [1.807, 2.05) is 0 Å². The lowest BCUT2D eigenvalue weighted by Gasteiger charge is -2.19. The van der Waals surface area contributed by atoms with Gasteiger partial charge in [0.2, 0.25) is 0 Å². The zero-order valence-corrected chi connectivity index (χ0v) is 6.06. The fourth-order valence-electron chi connectivity index (χ4n) is 2.92. The molecule has 1 heterocycles. The Morgan fingerprint density at radius 1 is 1.45 bits per heavy atom. The van der Waals surface area contributed by atoms with Crippen molar-refractivity contribution >= 4 is 5.97 Å². The molecule has 1 N–H and O–H groups in total. The first-order valence-corrected chi connectivity index (χ1v) is 4.16. The topological polar surface area (TPSA) is 46.5 Å². The Labute approximate surface area is 64.3 Å². The molecule has 11 heavy (non-hydrogen) atoms. The summed E-state index contributed by atoms with van der Waals surface area (Å²) in [4.78, 5) is 11.1. The van der Waals surface area contributed by atoms with E-state index < -0.39 is 0 Å². The standard InChI is InChI=1S/C8H10O3/c9-6-3-1-4-5(2-3)8(10)11-7(4)6/h3-7,9H,1-2H2/t3-,4-,5+,6+,7+/m0/s1. The maximum atomic E-state index is 11.1. The Morgan fingerprint density at radius 2 is 2.27 bits per heavy atom. The van der Waals surface area contributed by atoms with Gasteiger partial charge in [-0.05, 0) is 18.8 Å². The van der Waals surface area contributed by atoms with Crippen molar-refractivity contribution in [3.63, 3.8) is 0 Å². The number of fused-ring (bicyclic) bond motifs is 1. The first-order valence-electron chi connectivity index (χ1n) is 4.16. The van der Waals surface area contributed by atoms with Crippen LogP contribution in [0.25, 0.3) is 0 Å². The Morgan fingerprint density at radius 3 is 2.91 bits per heavy atom. The highest BCUT2D eigenvalue weighted by molar-refractivity contribution is 5.76. The van der Waals surface area contributed by atoms with Crippen LogP contribution in [0, 0.1) is 17.8 Å². The van der Waals surface area contributed by atoms with Crippen molar-refractivity contribution in [2.24, 2.45) is 17.8 Å². The molecule has 5 atom stereocenters. The lowest BCUT2D eigenvalue weighted by molar-refractivity contribution is -0.145. The number of rotatable bonds is 0. The molecule has 0 spiro atoms. The molecular weight excluding hydrogens is 144 g/mol. The lowest BCUT2D eigenvalue weighted by Crippen LogP contribution is -2.31. The van der Waals surface area contributed by atoms with E-state index in [0.29, 0.717) is 11.8 Å². The molecule has 0 aromatic carbocycles. The molecule has 1 saturated heterocycles. The van der Waals surface area contributed by atoms with E-state index in [-0.39, 0.29) is 24.1 Å². The van der Waals surface area contributed by atoms with Gasteiger partial charge >= 0.3 is 5.97 Å². The molecule has 2 bridgehead atoms. The highest BCUT2D eigenvalue weighted by atomic mass is 16.6. The zero-order chi connectivity index (χ0) is 7.59. The van der Waals surface area contributed by atoms with Gasteiger partial charge in [0, 0.05) is 5.92 Å². The van der Waals surface area contributed by atoms with Crippen molar-refractivity contribution < 1.29 is 14.6 Å². The summed E-state index contributed by atoms with van der Waals surface area (Å²) in [7, 11) is 0. The van der Waals surface area contributed by atoms with Gasteiger partial charge in [0.25, 0.3) is 0 Å². The molecule has 3 nitrogen and oxygen atoms in total. The molecule has 0 aromatic heterocycles. The maximum Gasteiger partial charge on any atom is 0.309 e. The predicted molar refractivity (Wildman–Crippen MR) is 35.6 cm³/mol. The zero-order valence-electron chi connectivity index (χ0n) is 6.06. The van der Waals surface area contributed by atoms with Crippen LogP contribution in [0.2, 0.25) is 0 Å². The van der Waals surface area contributed by atoms with Gasteiger partial charge in [0.05, 0.1) is 12.0 Å². The minimum absolute atomic E-state index is 0.0703. The first kappa shape index (κ1) is 6.00. The minimum atomic E-state index is -0.359. The van der Waals surface area contributed by atoms with Crippen molar-refractivity contribution in [2.75, 3.05) is 0 Å². The quantitative estimate of drug-likeness (QED) is 0.497. The van der Waals surface area contributed by atoms with Crippen molar-refractivity contribution in [2.45, 2.75) is 25.0 Å². The van der Waals surface area contributed by atoms with E-state index in [0.717, 1.165) is 12.8 Å². The SMILES string of the molecule is O=C1O[C@H]2[C@H](O)[C@H]3C[C@H]2[C@H]1C3. The smallest absolute Gasteiger partial charge is 0.309 e. The van der Waals surface area contributed by atoms with E-state index in [1.165, 1.54) is 0 Å². The average Bonchev–Trinajstić information content (AvgIpc) is 2.53. The van der Waals surface area contributed by atoms with Gasteiger partial charge in [-0.25, -0.2) is 0 Å². The molecule has 2 saturated carbocycles. The molecule has 60 valence electrons. The number of carbonyl (C=O) groups is 1. The third-order valence-electron chi connectivity index (χ3n) is 3.44. The number of ether oxygens (including phenoxy) is 1. The summed E-state index contributed by atoms with van der Waals surface area (Å²) in [5.74, 6) is 0.761. The highest BCUT2D eigenvalue weighted by Gasteiger charge is 2.61. The summed E-state index contributed by atoms with van der Waals surface area (Å²) in [6.45, 7) is 0. The molecule has 0 unspecified atom stereocenters. The number of carbonyl (C=O) groups excluding carboxylic acids is 1. The van der Waals surface area contributed by atoms with Crippen LogP contribution in [0.15, 0.2) is 0 Å². The second-order valence-electron chi connectivity index (χ2n) is 3.89. The molecule has 3 aliphatic rings. The molecular formula is C8H10O3. The van der Waals surface area contributed by atoms with Gasteiger partial charge < -0.3 is 9.84 Å². The summed E-state index contributed by atoms with van der Waals surface area (Å²) in [5.41, 5.74) is 0. The van der Waals surface area contributed by atoms with Gasteiger partial charge in [-0.1, -0.05) is 0 Å². The van der Waals surface area contributed by atoms with Crippen LogP contribution in [-0.4, -0.2) is 23.3 Å². The van der Waals surface area contributed by atoms with Gasteiger partial charge in [-0.2, -0.15) is 0 Å². The summed E-state index contributed by atoms with van der Waals surface area (Å²) in [6, 6.07) is 0. The molecule has 3 heteroatoms. The van der Waals surface area contributed by atoms with E-state index in [2.05, 4.69) is 0 Å². The summed E-state index contributed by atoms with van der Waals surface area (Å²) in [5, 5.41) is 9.55. The molecule has 1 aliphatic heterocycles. The van der Waals surface area contributed by atoms with Crippen molar-refractivity contribution in [1.82, 2.24) is 0 Å². The van der Waals surface area contributed by atoms with Crippen LogP contribution in [0.5, 0.6) is 0 Å². The van der Waals surface area contributed by atoms with Crippen molar-refractivity contribution in [3.8, 4) is 0 Å². The van der Waals surface area contributed by atoms with Crippen LogP contribution in [0.3, 0.4) is 0 Å². The van der Waals surface area contributed by atoms with E-state index in [9.17, 15) is 9.90 Å². The van der Waals surface area contributed by atoms with Crippen LogP contribution in [-0.2, 0) is 9.53 Å². The van der Waals surface area contributed by atoms with Crippen LogP contribution < -0.4 is 0 Å². The van der Waals surface area contributed by atoms with Crippen LogP contribution in [0.4, 0.5) is 0 Å². The van der Waals surface area contributed by atoms with E-state index in [1.54, 1.807) is 0 Å². The van der Waals surface area contributed by atoms with E-state index in [4.69, 9.17) is 4.74 Å². The number of hydrogen-bond acceptors (Lipinski definition) is 3. The van der Waals surface area contributed by atoms with Gasteiger partial charge in [0.1, 0.15) is 6.10 Å². The summed E-state index contributed by atoms with van der Waals surface area (Å²) in [6.07, 6.45) is 1.36. The molecule has 3 rings (SSSR count). The van der Waals surface area contributed by atoms with Crippen LogP contribution >= 0.6 is 0 Å². The second kappa shape index (κ2) is 1.61. The maximum absolute atomic E-state index is 11.1. The second-order valence-corrected chi connectivity index (χ2v) is 3.89. The molecule has 3 fully saturated rings. The Balaban J connectivity index is 2.04. The third kappa shape index (κ3) is 0.527. The number of aliphatic hydroxyl groups is 1. The predicted octanol–water partition coefficient (Wildman–Crippen LogP) is -0.0713. The fourth-order valence-corrected chi connectivity index (χ4v) is 2.92. The molecule has 2 aliphatic carbocycles. The minimum Gasteiger partial charge on any atom is -0.459 e. The molecule has 0 aromatic rings. The largest absolute Gasteiger partial charge is 0.459 e.